The molecule has 0 aliphatic carbocycles. The van der Waals surface area contributed by atoms with E-state index in [4.69, 9.17) is 0 Å². The third-order valence-corrected chi connectivity index (χ3v) is 7.52. The van der Waals surface area contributed by atoms with Gasteiger partial charge in [-0.1, -0.05) is 97.1 Å². The first-order chi connectivity index (χ1) is 18.9. The van der Waals surface area contributed by atoms with Gasteiger partial charge in [-0.3, -0.25) is 0 Å². The minimum atomic E-state index is 1.05. The number of hydrogen-bond acceptors (Lipinski definition) is 0. The second-order valence-electron chi connectivity index (χ2n) is 9.69. The second-order valence-corrected chi connectivity index (χ2v) is 9.69. The Bertz CT molecular complexity index is 1960. The third-order valence-electron chi connectivity index (χ3n) is 7.52. The Kier molecular flexibility index (Phi) is 4.55. The molecule has 0 amide bonds. The number of fused-ring (bicyclic) bond motifs is 6. The van der Waals surface area contributed by atoms with Crippen LogP contribution in [0.2, 0.25) is 0 Å². The van der Waals surface area contributed by atoms with Gasteiger partial charge < -0.3 is 0 Å². The molecule has 8 rings (SSSR count). The molecule has 0 aliphatic heterocycles. The van der Waals surface area contributed by atoms with E-state index in [1.165, 1.54) is 43.8 Å². The predicted octanol–water partition coefficient (Wildman–Crippen LogP) is 9.15. The summed E-state index contributed by atoms with van der Waals surface area (Å²) in [4.78, 5) is 0. The summed E-state index contributed by atoms with van der Waals surface area (Å²) >= 11 is 0. The van der Waals surface area contributed by atoms with Crippen molar-refractivity contribution in [2.24, 2.45) is 0 Å². The molecule has 0 unspecified atom stereocenters. The van der Waals surface area contributed by atoms with Crippen LogP contribution in [0, 0.1) is 12.1 Å². The van der Waals surface area contributed by atoms with Gasteiger partial charge in [-0.2, -0.15) is 0 Å². The van der Waals surface area contributed by atoms with Crippen LogP contribution in [-0.2, 0) is 0 Å². The van der Waals surface area contributed by atoms with Crippen molar-refractivity contribution in [1.29, 1.82) is 0 Å². The Morgan fingerprint density at radius 2 is 0.763 bits per heavy atom. The van der Waals surface area contributed by atoms with Crippen molar-refractivity contribution in [3.63, 3.8) is 0 Å². The van der Waals surface area contributed by atoms with E-state index in [-0.39, 0.29) is 0 Å². The fourth-order valence-corrected chi connectivity index (χ4v) is 5.76. The average molecular weight is 483 g/mol. The number of aromatic nitrogens is 2. The molecular weight excluding hydrogens is 460 g/mol. The summed E-state index contributed by atoms with van der Waals surface area (Å²) in [6.45, 7) is 0. The van der Waals surface area contributed by atoms with Crippen molar-refractivity contribution in [1.82, 2.24) is 9.35 Å². The lowest BCUT2D eigenvalue weighted by atomic mass is 10.0. The quantitative estimate of drug-likeness (QED) is 0.238. The van der Waals surface area contributed by atoms with E-state index in [0.29, 0.717) is 0 Å². The average Bonchev–Trinajstić information content (AvgIpc) is 3.49. The van der Waals surface area contributed by atoms with Crippen molar-refractivity contribution in [2.45, 2.75) is 0 Å². The van der Waals surface area contributed by atoms with E-state index in [9.17, 15) is 0 Å². The normalized spacial score (nSPS) is 11.7. The lowest BCUT2D eigenvalue weighted by Gasteiger charge is -2.13. The van der Waals surface area contributed by atoms with E-state index in [0.717, 1.165) is 22.1 Å². The molecule has 0 spiro atoms. The molecule has 0 N–H and O–H groups in total. The lowest BCUT2D eigenvalue weighted by Crippen LogP contribution is -2.08. The first-order valence-electron chi connectivity index (χ1n) is 12.9. The van der Waals surface area contributed by atoms with Crippen LogP contribution in [0.3, 0.4) is 0 Å². The van der Waals surface area contributed by atoms with Gasteiger partial charge >= 0.3 is 0 Å². The number of benzene rings is 6. The molecule has 2 nitrogen and oxygen atoms in total. The molecule has 2 aromatic heterocycles. The molecule has 2 radical (unpaired) electrons. The SMILES string of the molecule is [c]1cc(-c2ccccc2)cc2c3ccccc3n(-n3c4[c]cc(-c5ccccc5)cc4c4ccccc43)c12. The van der Waals surface area contributed by atoms with Crippen LogP contribution in [0.4, 0.5) is 0 Å². The molecular formula is C36H22N2. The summed E-state index contributed by atoms with van der Waals surface area (Å²) in [5, 5.41) is 4.80. The fourth-order valence-electron chi connectivity index (χ4n) is 5.76. The van der Waals surface area contributed by atoms with Crippen LogP contribution >= 0.6 is 0 Å². The third kappa shape index (κ3) is 3.07. The molecule has 0 aliphatic rings. The highest BCUT2D eigenvalue weighted by atomic mass is 15.5. The van der Waals surface area contributed by atoms with Crippen LogP contribution in [0.5, 0.6) is 0 Å². The Labute approximate surface area is 220 Å². The molecule has 0 bridgehead atoms. The van der Waals surface area contributed by atoms with Crippen LogP contribution in [0.15, 0.2) is 133 Å². The molecule has 0 saturated heterocycles. The van der Waals surface area contributed by atoms with Crippen LogP contribution in [0.25, 0.3) is 65.9 Å². The first-order valence-corrected chi connectivity index (χ1v) is 12.9. The zero-order valence-electron chi connectivity index (χ0n) is 20.6. The highest BCUT2D eigenvalue weighted by Gasteiger charge is 2.18. The minimum Gasteiger partial charge on any atom is -0.247 e. The van der Waals surface area contributed by atoms with Gasteiger partial charge in [-0.25, -0.2) is 9.35 Å². The summed E-state index contributed by atoms with van der Waals surface area (Å²) in [6.07, 6.45) is 0. The maximum atomic E-state index is 3.66. The second kappa shape index (κ2) is 8.22. The minimum absolute atomic E-state index is 1.05. The molecule has 0 saturated carbocycles. The van der Waals surface area contributed by atoms with Crippen molar-refractivity contribution in [2.75, 3.05) is 0 Å². The number of para-hydroxylation sites is 2. The summed E-state index contributed by atoms with van der Waals surface area (Å²) < 4.78 is 4.62. The summed E-state index contributed by atoms with van der Waals surface area (Å²) in [6, 6.07) is 54.5. The van der Waals surface area contributed by atoms with Crippen molar-refractivity contribution >= 4 is 43.6 Å². The van der Waals surface area contributed by atoms with E-state index in [1.807, 2.05) is 0 Å². The van der Waals surface area contributed by atoms with Crippen LogP contribution in [-0.4, -0.2) is 9.35 Å². The van der Waals surface area contributed by atoms with Gasteiger partial charge in [-0.15, -0.1) is 0 Å². The van der Waals surface area contributed by atoms with E-state index in [2.05, 4.69) is 155 Å². The Morgan fingerprint density at radius 1 is 0.368 bits per heavy atom. The van der Waals surface area contributed by atoms with Crippen molar-refractivity contribution in [3.05, 3.63) is 146 Å². The zero-order chi connectivity index (χ0) is 25.1. The zero-order valence-corrected chi connectivity index (χ0v) is 20.6. The highest BCUT2D eigenvalue weighted by molar-refractivity contribution is 6.12. The Hall–Kier alpha value is -5.08. The van der Waals surface area contributed by atoms with Crippen LogP contribution < -0.4 is 0 Å². The molecule has 2 heterocycles. The highest BCUT2D eigenvalue weighted by Crippen LogP contribution is 2.37. The molecule has 8 aromatic rings. The van der Waals surface area contributed by atoms with Crippen molar-refractivity contribution in [3.8, 4) is 22.3 Å². The smallest absolute Gasteiger partial charge is 0.0795 e. The van der Waals surface area contributed by atoms with Crippen LogP contribution in [0.1, 0.15) is 0 Å². The maximum Gasteiger partial charge on any atom is 0.0795 e. The summed E-state index contributed by atoms with van der Waals surface area (Å²) in [7, 11) is 0. The van der Waals surface area contributed by atoms with Crippen molar-refractivity contribution < 1.29 is 0 Å². The Balaban J connectivity index is 1.46. The van der Waals surface area contributed by atoms with Gasteiger partial charge in [0, 0.05) is 33.7 Å². The summed E-state index contributed by atoms with van der Waals surface area (Å²) in [5.41, 5.74) is 9.12. The number of rotatable bonds is 3. The number of hydrogen-bond donors (Lipinski definition) is 0. The van der Waals surface area contributed by atoms with E-state index < -0.39 is 0 Å². The van der Waals surface area contributed by atoms with E-state index in [1.54, 1.807) is 0 Å². The lowest BCUT2D eigenvalue weighted by molar-refractivity contribution is 0.774. The Morgan fingerprint density at radius 3 is 1.21 bits per heavy atom. The standard InChI is InChI=1S/C36H22N2/c1-3-11-25(12-4-1)27-19-21-35-31(23-27)29-15-7-9-17-33(29)37(35)38-34-18-10-8-16-30(34)32-24-28(20-22-36(32)38)26-13-5-2-6-14-26/h1-20,23-24H. The molecule has 38 heavy (non-hydrogen) atoms. The van der Waals surface area contributed by atoms with Gasteiger partial charge in [0.1, 0.15) is 0 Å². The maximum absolute atomic E-state index is 3.66. The summed E-state index contributed by atoms with van der Waals surface area (Å²) in [5.74, 6) is 0. The molecule has 0 atom stereocenters. The largest absolute Gasteiger partial charge is 0.247 e. The van der Waals surface area contributed by atoms with Gasteiger partial charge in [0.25, 0.3) is 0 Å². The fraction of sp³-hybridized carbons (Fsp3) is 0. The first kappa shape index (κ1) is 21.0. The molecule has 0 fully saturated rings. The van der Waals surface area contributed by atoms with E-state index >= 15 is 0 Å². The monoisotopic (exact) mass is 482 g/mol. The van der Waals surface area contributed by atoms with Gasteiger partial charge in [0.05, 0.1) is 22.1 Å². The molecule has 2 heteroatoms. The predicted molar refractivity (Wildman–Crippen MR) is 158 cm³/mol. The number of nitrogens with zero attached hydrogens (tertiary/aromatic N) is 2. The van der Waals surface area contributed by atoms with Gasteiger partial charge in [0.15, 0.2) is 0 Å². The van der Waals surface area contributed by atoms with Gasteiger partial charge in [0.2, 0.25) is 0 Å². The molecule has 176 valence electrons. The molecule has 6 aromatic carbocycles. The van der Waals surface area contributed by atoms with Gasteiger partial charge in [-0.05, 0) is 58.7 Å². The topological polar surface area (TPSA) is 9.86 Å².